The second-order valence-electron chi connectivity index (χ2n) is 10.9. The number of aliphatic hydroxyl groups excluding tert-OH is 2. The quantitative estimate of drug-likeness (QED) is 0.171. The number of halogens is 2. The first kappa shape index (κ1) is 35.3. The standard InChI is InChI=1S/C28H36F2N6O3.C2H6O2/c1-17(31)26(37)34-20-8-5-7-18(13-20)15-36-16-23(21-14-19(29)9-10-22(21)30)35-25(36)24(28(2,3)4)33-11-6-12-39-27(32)38;3-1-2-4/h5,7-10,13-14,16-17,24,33H,6,11-12,15,31H2,1-4H3,(H2,32,38)(H,34,37);3-4H,1-2H2/t17-,24-;/m0./s1. The van der Waals surface area contributed by atoms with Gasteiger partial charge in [-0.25, -0.2) is 18.6 Å². The minimum Gasteiger partial charge on any atom is -0.450 e. The molecule has 0 fully saturated rings. The Bertz CT molecular complexity index is 1340. The van der Waals surface area contributed by atoms with Crippen LogP contribution >= 0.6 is 0 Å². The Labute approximate surface area is 250 Å². The van der Waals surface area contributed by atoms with E-state index in [-0.39, 0.29) is 48.4 Å². The highest BCUT2D eigenvalue weighted by atomic mass is 19.1. The Balaban J connectivity index is 0.00000151. The smallest absolute Gasteiger partial charge is 0.404 e. The Hall–Kier alpha value is -3.91. The summed E-state index contributed by atoms with van der Waals surface area (Å²) in [6.07, 6.45) is 1.37. The van der Waals surface area contributed by atoms with E-state index in [2.05, 4.69) is 10.6 Å². The Morgan fingerprint density at radius 3 is 2.42 bits per heavy atom. The molecule has 0 spiro atoms. The number of hydrogen-bond donors (Lipinski definition) is 6. The number of imidazole rings is 1. The molecule has 3 aromatic rings. The fraction of sp³-hybridized carbons (Fsp3) is 0.433. The van der Waals surface area contributed by atoms with Crippen molar-refractivity contribution in [1.29, 1.82) is 0 Å². The van der Waals surface area contributed by atoms with E-state index in [1.807, 2.05) is 43.5 Å². The van der Waals surface area contributed by atoms with Gasteiger partial charge in [0.05, 0.1) is 37.6 Å². The van der Waals surface area contributed by atoms with Crippen LogP contribution in [0.25, 0.3) is 11.3 Å². The monoisotopic (exact) mass is 604 g/mol. The maximum Gasteiger partial charge on any atom is 0.404 e. The SMILES string of the molecule is C[C@H](N)C(=O)Nc1cccc(Cn2cc(-c3cc(F)ccc3F)nc2[C@H](NCCCOC(N)=O)C(C)(C)C)c1.OCCO. The molecular formula is C30H42F2N6O5. The molecule has 0 aliphatic rings. The van der Waals surface area contributed by atoms with E-state index in [4.69, 9.17) is 31.4 Å². The number of carbonyl (C=O) groups is 2. The summed E-state index contributed by atoms with van der Waals surface area (Å²) in [5.74, 6) is -0.851. The number of carbonyl (C=O) groups excluding carboxylic acids is 2. The minimum atomic E-state index is -0.834. The summed E-state index contributed by atoms with van der Waals surface area (Å²) < 4.78 is 35.5. The molecule has 1 aromatic heterocycles. The number of amides is 2. The number of aromatic nitrogens is 2. The average molecular weight is 605 g/mol. The van der Waals surface area contributed by atoms with Crippen LogP contribution in [-0.4, -0.2) is 64.2 Å². The van der Waals surface area contributed by atoms with Gasteiger partial charge in [0.1, 0.15) is 17.5 Å². The molecule has 1 heterocycles. The van der Waals surface area contributed by atoms with Crippen molar-refractivity contribution in [3.63, 3.8) is 0 Å². The molecule has 236 valence electrons. The van der Waals surface area contributed by atoms with Crippen LogP contribution in [0.1, 0.15) is 51.5 Å². The molecule has 0 saturated heterocycles. The zero-order chi connectivity index (χ0) is 32.2. The van der Waals surface area contributed by atoms with E-state index in [1.165, 1.54) is 0 Å². The van der Waals surface area contributed by atoms with E-state index >= 15 is 0 Å². The largest absolute Gasteiger partial charge is 0.450 e. The highest BCUT2D eigenvalue weighted by Crippen LogP contribution is 2.35. The number of aliphatic hydroxyl groups is 2. The molecule has 11 nitrogen and oxygen atoms in total. The number of anilines is 1. The molecule has 0 radical (unpaired) electrons. The molecule has 13 heteroatoms. The van der Waals surface area contributed by atoms with Gasteiger partial charge in [-0.15, -0.1) is 0 Å². The predicted octanol–water partition coefficient (Wildman–Crippen LogP) is 3.30. The summed E-state index contributed by atoms with van der Waals surface area (Å²) in [5.41, 5.74) is 12.2. The van der Waals surface area contributed by atoms with Crippen molar-refractivity contribution in [2.75, 3.05) is 31.7 Å². The van der Waals surface area contributed by atoms with Gasteiger partial charge >= 0.3 is 6.09 Å². The Morgan fingerprint density at radius 2 is 1.81 bits per heavy atom. The average Bonchev–Trinajstić information content (AvgIpc) is 3.33. The van der Waals surface area contributed by atoms with Gasteiger partial charge in [-0.3, -0.25) is 4.79 Å². The Kier molecular flexibility index (Phi) is 13.7. The van der Waals surface area contributed by atoms with Crippen molar-refractivity contribution >= 4 is 17.7 Å². The molecule has 2 aromatic carbocycles. The second kappa shape index (κ2) is 16.7. The van der Waals surface area contributed by atoms with E-state index in [1.54, 1.807) is 19.2 Å². The number of hydrogen-bond acceptors (Lipinski definition) is 8. The zero-order valence-electron chi connectivity index (χ0n) is 24.9. The van der Waals surface area contributed by atoms with Crippen molar-refractivity contribution in [2.45, 2.75) is 52.7 Å². The number of ether oxygens (including phenoxy) is 1. The first-order valence-corrected chi connectivity index (χ1v) is 13.8. The van der Waals surface area contributed by atoms with Gasteiger partial charge in [-0.05, 0) is 61.2 Å². The van der Waals surface area contributed by atoms with Crippen LogP contribution in [0.2, 0.25) is 0 Å². The van der Waals surface area contributed by atoms with Gasteiger partial charge in [0.15, 0.2) is 0 Å². The number of rotatable bonds is 12. The molecule has 3 rings (SSSR count). The zero-order valence-corrected chi connectivity index (χ0v) is 24.9. The number of nitrogens with zero attached hydrogens (tertiary/aromatic N) is 2. The summed E-state index contributed by atoms with van der Waals surface area (Å²) in [6.45, 7) is 8.46. The topological polar surface area (TPSA) is 178 Å². The van der Waals surface area contributed by atoms with Gasteiger partial charge in [-0.2, -0.15) is 0 Å². The molecule has 0 unspecified atom stereocenters. The lowest BCUT2D eigenvalue weighted by Gasteiger charge is -2.31. The molecular weight excluding hydrogens is 562 g/mol. The first-order valence-electron chi connectivity index (χ1n) is 13.8. The van der Waals surface area contributed by atoms with Gasteiger partial charge in [0, 0.05) is 24.0 Å². The van der Waals surface area contributed by atoms with E-state index in [9.17, 15) is 18.4 Å². The molecule has 8 N–H and O–H groups in total. The lowest BCUT2D eigenvalue weighted by molar-refractivity contribution is -0.117. The summed E-state index contributed by atoms with van der Waals surface area (Å²) in [7, 11) is 0. The van der Waals surface area contributed by atoms with Crippen LogP contribution in [0.3, 0.4) is 0 Å². The van der Waals surface area contributed by atoms with Crippen molar-refractivity contribution < 1.29 is 33.3 Å². The molecule has 2 amide bonds. The normalized spacial score (nSPS) is 12.6. The van der Waals surface area contributed by atoms with Crippen LogP contribution in [0.4, 0.5) is 19.3 Å². The van der Waals surface area contributed by atoms with Crippen LogP contribution in [0, 0.1) is 17.0 Å². The number of nitrogens with one attached hydrogen (secondary N) is 2. The highest BCUT2D eigenvalue weighted by Gasteiger charge is 2.31. The van der Waals surface area contributed by atoms with Gasteiger partial charge in [-0.1, -0.05) is 32.9 Å². The molecule has 43 heavy (non-hydrogen) atoms. The van der Waals surface area contributed by atoms with E-state index in [0.29, 0.717) is 31.0 Å². The van der Waals surface area contributed by atoms with E-state index < -0.39 is 23.8 Å². The lowest BCUT2D eigenvalue weighted by Crippen LogP contribution is -2.35. The van der Waals surface area contributed by atoms with Crippen molar-refractivity contribution in [3.05, 3.63) is 71.7 Å². The molecule has 0 saturated carbocycles. The van der Waals surface area contributed by atoms with Gasteiger partial charge in [0.25, 0.3) is 0 Å². The lowest BCUT2D eigenvalue weighted by atomic mass is 9.86. The van der Waals surface area contributed by atoms with Crippen LogP contribution in [0.5, 0.6) is 0 Å². The van der Waals surface area contributed by atoms with Gasteiger partial charge < -0.3 is 41.6 Å². The van der Waals surface area contributed by atoms with Crippen molar-refractivity contribution in [3.8, 4) is 11.3 Å². The molecule has 0 aliphatic heterocycles. The molecule has 0 aliphatic carbocycles. The van der Waals surface area contributed by atoms with Gasteiger partial charge in [0.2, 0.25) is 5.91 Å². The fourth-order valence-electron chi connectivity index (χ4n) is 4.09. The third kappa shape index (κ3) is 11.4. The number of primary amides is 1. The number of benzene rings is 2. The van der Waals surface area contributed by atoms with Crippen LogP contribution < -0.4 is 22.1 Å². The molecule has 0 bridgehead atoms. The van der Waals surface area contributed by atoms with Crippen molar-refractivity contribution in [2.24, 2.45) is 16.9 Å². The predicted molar refractivity (Wildman–Crippen MR) is 160 cm³/mol. The summed E-state index contributed by atoms with van der Waals surface area (Å²) in [5, 5.41) is 21.5. The first-order chi connectivity index (χ1) is 20.3. The minimum absolute atomic E-state index is 0.0514. The number of nitrogens with two attached hydrogens (primary N) is 2. The van der Waals surface area contributed by atoms with Crippen LogP contribution in [-0.2, 0) is 16.1 Å². The second-order valence-corrected chi connectivity index (χ2v) is 10.9. The van der Waals surface area contributed by atoms with Crippen LogP contribution in [0.15, 0.2) is 48.7 Å². The maximum absolute atomic E-state index is 14.7. The highest BCUT2D eigenvalue weighted by molar-refractivity contribution is 5.94. The third-order valence-corrected chi connectivity index (χ3v) is 6.11. The third-order valence-electron chi connectivity index (χ3n) is 6.11. The molecule has 2 atom stereocenters. The summed E-state index contributed by atoms with van der Waals surface area (Å²) in [6, 6.07) is 9.59. The Morgan fingerprint density at radius 1 is 1.12 bits per heavy atom. The fourth-order valence-corrected chi connectivity index (χ4v) is 4.09. The summed E-state index contributed by atoms with van der Waals surface area (Å²) in [4.78, 5) is 27.7. The maximum atomic E-state index is 14.7. The van der Waals surface area contributed by atoms with Crippen molar-refractivity contribution in [1.82, 2.24) is 14.9 Å². The van der Waals surface area contributed by atoms with E-state index in [0.717, 1.165) is 23.8 Å². The summed E-state index contributed by atoms with van der Waals surface area (Å²) >= 11 is 0.